The quantitative estimate of drug-likeness (QED) is 0.732. The van der Waals surface area contributed by atoms with Gasteiger partial charge in [0, 0.05) is 15.2 Å². The Morgan fingerprint density at radius 3 is 2.16 bits per heavy atom. The van der Waals surface area contributed by atoms with Gasteiger partial charge in [-0.15, -0.1) is 0 Å². The second-order valence-electron chi connectivity index (χ2n) is 3.72. The van der Waals surface area contributed by atoms with E-state index in [9.17, 15) is 4.79 Å². The highest BCUT2D eigenvalue weighted by Crippen LogP contribution is 2.14. The highest BCUT2D eigenvalue weighted by atomic mass is 79.9. The largest absolute Gasteiger partial charge is 0.337 e. The molecule has 98 valence electrons. The third-order valence-corrected chi connectivity index (χ3v) is 3.05. The Balaban J connectivity index is 1.84. The van der Waals surface area contributed by atoms with Crippen molar-refractivity contribution in [1.29, 1.82) is 0 Å². The van der Waals surface area contributed by atoms with Gasteiger partial charge in [-0.1, -0.05) is 27.5 Å². The first kappa shape index (κ1) is 13.7. The zero-order valence-electron chi connectivity index (χ0n) is 9.78. The number of amides is 2. The molecule has 0 aliphatic carbocycles. The molecule has 2 amide bonds. The molecule has 0 aliphatic rings. The summed E-state index contributed by atoms with van der Waals surface area (Å²) in [6, 6.07) is 13.9. The lowest BCUT2D eigenvalue weighted by Gasteiger charge is -2.10. The van der Waals surface area contributed by atoms with Gasteiger partial charge in [-0.25, -0.2) is 4.79 Å². The topological polar surface area (TPSA) is 53.2 Å². The second-order valence-corrected chi connectivity index (χ2v) is 5.07. The highest BCUT2D eigenvalue weighted by Gasteiger charge is 2.00. The minimum Gasteiger partial charge on any atom is -0.307 e. The summed E-state index contributed by atoms with van der Waals surface area (Å²) in [5.74, 6) is 0. The molecular formula is C13H11BrClN3O. The van der Waals surface area contributed by atoms with E-state index in [1.807, 2.05) is 24.3 Å². The average molecular weight is 341 g/mol. The molecule has 4 nitrogen and oxygen atoms in total. The molecule has 0 unspecified atom stereocenters. The van der Waals surface area contributed by atoms with Gasteiger partial charge in [0.15, 0.2) is 0 Å². The molecule has 0 radical (unpaired) electrons. The van der Waals surface area contributed by atoms with E-state index in [2.05, 4.69) is 32.1 Å². The van der Waals surface area contributed by atoms with E-state index < -0.39 is 0 Å². The van der Waals surface area contributed by atoms with Crippen LogP contribution in [0.5, 0.6) is 0 Å². The fraction of sp³-hybridized carbons (Fsp3) is 0. The van der Waals surface area contributed by atoms with Crippen molar-refractivity contribution < 1.29 is 4.79 Å². The van der Waals surface area contributed by atoms with Gasteiger partial charge < -0.3 is 5.32 Å². The Labute approximate surface area is 124 Å². The van der Waals surface area contributed by atoms with Gasteiger partial charge in [0.1, 0.15) is 0 Å². The number of anilines is 2. The Morgan fingerprint density at radius 1 is 0.947 bits per heavy atom. The molecule has 0 saturated heterocycles. The van der Waals surface area contributed by atoms with Crippen LogP contribution in [-0.2, 0) is 0 Å². The van der Waals surface area contributed by atoms with Gasteiger partial charge in [0.2, 0.25) is 0 Å². The van der Waals surface area contributed by atoms with Crippen LogP contribution in [0.25, 0.3) is 0 Å². The molecule has 0 aromatic heterocycles. The normalized spacial score (nSPS) is 9.79. The number of benzene rings is 2. The Hall–Kier alpha value is -1.72. The van der Waals surface area contributed by atoms with E-state index in [0.717, 1.165) is 10.2 Å². The zero-order chi connectivity index (χ0) is 13.7. The molecule has 0 heterocycles. The SMILES string of the molecule is O=C(NNc1ccc(Br)cc1)Nc1ccc(Cl)cc1. The summed E-state index contributed by atoms with van der Waals surface area (Å²) in [6.07, 6.45) is 0. The second kappa shape index (κ2) is 6.45. The summed E-state index contributed by atoms with van der Waals surface area (Å²) in [6.45, 7) is 0. The molecule has 3 N–H and O–H groups in total. The van der Waals surface area contributed by atoms with Crippen LogP contribution < -0.4 is 16.2 Å². The minimum atomic E-state index is -0.356. The van der Waals surface area contributed by atoms with Crippen molar-refractivity contribution >= 4 is 44.9 Å². The summed E-state index contributed by atoms with van der Waals surface area (Å²) < 4.78 is 0.976. The van der Waals surface area contributed by atoms with Crippen LogP contribution in [0.4, 0.5) is 16.2 Å². The van der Waals surface area contributed by atoms with Crippen LogP contribution in [-0.4, -0.2) is 6.03 Å². The van der Waals surface area contributed by atoms with Crippen LogP contribution in [0.1, 0.15) is 0 Å². The fourth-order valence-corrected chi connectivity index (χ4v) is 1.75. The van der Waals surface area contributed by atoms with Gasteiger partial charge in [-0.2, -0.15) is 0 Å². The molecule has 19 heavy (non-hydrogen) atoms. The van der Waals surface area contributed by atoms with Crippen LogP contribution in [0.2, 0.25) is 5.02 Å². The lowest BCUT2D eigenvalue weighted by molar-refractivity contribution is 0.254. The maximum Gasteiger partial charge on any atom is 0.337 e. The number of carbonyl (C=O) groups is 1. The fourth-order valence-electron chi connectivity index (χ4n) is 1.36. The summed E-state index contributed by atoms with van der Waals surface area (Å²) in [5.41, 5.74) is 6.78. The van der Waals surface area contributed by atoms with Gasteiger partial charge >= 0.3 is 6.03 Å². The van der Waals surface area contributed by atoms with Crippen molar-refractivity contribution in [2.45, 2.75) is 0 Å². The van der Waals surface area contributed by atoms with Gasteiger partial charge in [0.05, 0.1) is 5.69 Å². The summed E-state index contributed by atoms with van der Waals surface area (Å²) in [7, 11) is 0. The van der Waals surface area contributed by atoms with Crippen LogP contribution in [0.3, 0.4) is 0 Å². The first-order chi connectivity index (χ1) is 9.13. The lowest BCUT2D eigenvalue weighted by Crippen LogP contribution is -2.33. The molecule has 0 fully saturated rings. The number of halogens is 2. The molecule has 2 rings (SSSR count). The van der Waals surface area contributed by atoms with Gasteiger partial charge in [-0.3, -0.25) is 10.9 Å². The molecule has 2 aromatic rings. The first-order valence-electron chi connectivity index (χ1n) is 5.47. The van der Waals surface area contributed by atoms with E-state index >= 15 is 0 Å². The number of hydrogen-bond acceptors (Lipinski definition) is 2. The zero-order valence-corrected chi connectivity index (χ0v) is 12.1. The molecule has 2 aromatic carbocycles. The maximum atomic E-state index is 11.6. The van der Waals surface area contributed by atoms with Crippen molar-refractivity contribution in [3.63, 3.8) is 0 Å². The molecule has 6 heteroatoms. The van der Waals surface area contributed by atoms with Gasteiger partial charge in [-0.05, 0) is 48.5 Å². The lowest BCUT2D eigenvalue weighted by atomic mass is 10.3. The molecule has 0 aliphatic heterocycles. The summed E-state index contributed by atoms with van der Waals surface area (Å²) >= 11 is 9.09. The smallest absolute Gasteiger partial charge is 0.307 e. The molecular weight excluding hydrogens is 330 g/mol. The number of rotatable bonds is 3. The first-order valence-corrected chi connectivity index (χ1v) is 6.65. The van der Waals surface area contributed by atoms with Crippen molar-refractivity contribution in [1.82, 2.24) is 5.43 Å². The van der Waals surface area contributed by atoms with E-state index in [0.29, 0.717) is 10.7 Å². The molecule has 0 bridgehead atoms. The summed E-state index contributed by atoms with van der Waals surface area (Å²) in [4.78, 5) is 11.6. The standard InChI is InChI=1S/C13H11BrClN3O/c14-9-1-5-12(6-2-9)17-18-13(19)16-11-7-3-10(15)4-8-11/h1-8,17H,(H2,16,18,19). The van der Waals surface area contributed by atoms with Crippen LogP contribution in [0.15, 0.2) is 53.0 Å². The van der Waals surface area contributed by atoms with E-state index in [1.165, 1.54) is 0 Å². The maximum absolute atomic E-state index is 11.6. The Morgan fingerprint density at radius 2 is 1.53 bits per heavy atom. The third kappa shape index (κ3) is 4.46. The van der Waals surface area contributed by atoms with Crippen LogP contribution in [0, 0.1) is 0 Å². The Kier molecular flexibility index (Phi) is 4.65. The van der Waals surface area contributed by atoms with E-state index in [1.54, 1.807) is 24.3 Å². The van der Waals surface area contributed by atoms with Crippen molar-refractivity contribution in [2.75, 3.05) is 10.7 Å². The van der Waals surface area contributed by atoms with Crippen LogP contribution >= 0.6 is 27.5 Å². The van der Waals surface area contributed by atoms with Gasteiger partial charge in [0.25, 0.3) is 0 Å². The molecule has 0 spiro atoms. The number of urea groups is 1. The third-order valence-electron chi connectivity index (χ3n) is 2.27. The van der Waals surface area contributed by atoms with E-state index in [-0.39, 0.29) is 6.03 Å². The summed E-state index contributed by atoms with van der Waals surface area (Å²) in [5, 5.41) is 3.29. The minimum absolute atomic E-state index is 0.356. The number of hydrogen-bond donors (Lipinski definition) is 3. The average Bonchev–Trinajstić information content (AvgIpc) is 2.41. The van der Waals surface area contributed by atoms with E-state index in [4.69, 9.17) is 11.6 Å². The number of hydrazine groups is 1. The van der Waals surface area contributed by atoms with Crippen molar-refractivity contribution in [3.05, 3.63) is 58.0 Å². The Bertz CT molecular complexity index is 557. The monoisotopic (exact) mass is 339 g/mol. The predicted molar refractivity (Wildman–Crippen MR) is 81.4 cm³/mol. The number of nitrogens with one attached hydrogen (secondary N) is 3. The highest BCUT2D eigenvalue weighted by molar-refractivity contribution is 9.10. The number of carbonyl (C=O) groups excluding carboxylic acids is 1. The predicted octanol–water partition coefficient (Wildman–Crippen LogP) is 4.25. The molecule has 0 atom stereocenters. The van der Waals surface area contributed by atoms with Crippen molar-refractivity contribution in [2.24, 2.45) is 0 Å². The van der Waals surface area contributed by atoms with Crippen molar-refractivity contribution in [3.8, 4) is 0 Å². The molecule has 0 saturated carbocycles.